The van der Waals surface area contributed by atoms with Crippen molar-refractivity contribution in [1.82, 2.24) is 0 Å². The molecule has 1 heteroatoms. The normalized spacial score (nSPS) is 26.9. The van der Waals surface area contributed by atoms with Gasteiger partial charge in [0, 0.05) is 0 Å². The van der Waals surface area contributed by atoms with Gasteiger partial charge in [-0.05, 0) is 18.4 Å². The molecule has 2 rings (SSSR count). The molecule has 1 saturated heterocycles. The molecule has 1 heterocycles. The molecular weight excluding hydrogens is 208 g/mol. The molecule has 0 N–H and O–H groups in total. The molecule has 1 aliphatic heterocycles. The summed E-state index contributed by atoms with van der Waals surface area (Å²) in [5.74, 6) is 2.80. The van der Waals surface area contributed by atoms with Crippen LogP contribution in [0, 0.1) is 12.3 Å². The average molecular weight is 226 g/mol. The summed E-state index contributed by atoms with van der Waals surface area (Å²) in [6.45, 7) is 2.17. The second-order valence-corrected chi connectivity index (χ2v) is 4.45. The van der Waals surface area contributed by atoms with E-state index in [0.29, 0.717) is 0 Å². The first-order valence-corrected chi connectivity index (χ1v) is 6.19. The highest BCUT2D eigenvalue weighted by molar-refractivity contribution is 5.51. The molecule has 1 aliphatic rings. The molecule has 0 bridgehead atoms. The van der Waals surface area contributed by atoms with E-state index in [-0.39, 0.29) is 11.7 Å². The van der Waals surface area contributed by atoms with Crippen molar-refractivity contribution in [3.8, 4) is 12.3 Å². The van der Waals surface area contributed by atoms with E-state index in [1.807, 2.05) is 18.2 Å². The monoisotopic (exact) mass is 226 g/mol. The number of ether oxygens (including phenoxy) is 1. The molecule has 0 aliphatic carbocycles. The number of hydrogen-bond donors (Lipinski definition) is 0. The number of benzene rings is 1. The SMILES string of the molecule is C#C[C@]1(CCCC)O[C@H]1/C=C/c1ccccc1. The van der Waals surface area contributed by atoms with Crippen molar-refractivity contribution < 1.29 is 4.74 Å². The standard InChI is InChI=1S/C16H18O/c1-3-5-13-16(4-2)15(17-16)12-11-14-9-7-6-8-10-14/h2,6-12,15H,3,5,13H2,1H3/b12-11+/t15-,16+/m0/s1. The Morgan fingerprint density at radius 1 is 1.41 bits per heavy atom. The van der Waals surface area contributed by atoms with Gasteiger partial charge in [0.1, 0.15) is 6.10 Å². The Morgan fingerprint density at radius 2 is 2.18 bits per heavy atom. The highest BCUT2D eigenvalue weighted by Crippen LogP contribution is 2.41. The minimum Gasteiger partial charge on any atom is -0.348 e. The summed E-state index contributed by atoms with van der Waals surface area (Å²) in [7, 11) is 0. The Morgan fingerprint density at radius 3 is 2.82 bits per heavy atom. The Hall–Kier alpha value is -1.52. The van der Waals surface area contributed by atoms with E-state index < -0.39 is 0 Å². The summed E-state index contributed by atoms with van der Waals surface area (Å²) in [5.41, 5.74) is 0.866. The van der Waals surface area contributed by atoms with E-state index in [9.17, 15) is 0 Å². The smallest absolute Gasteiger partial charge is 0.158 e. The van der Waals surface area contributed by atoms with Crippen LogP contribution in [-0.4, -0.2) is 11.7 Å². The zero-order chi connectivity index (χ0) is 12.1. The molecule has 1 aromatic rings. The van der Waals surface area contributed by atoms with Gasteiger partial charge < -0.3 is 4.74 Å². The van der Waals surface area contributed by atoms with Gasteiger partial charge >= 0.3 is 0 Å². The van der Waals surface area contributed by atoms with Gasteiger partial charge in [0.15, 0.2) is 5.60 Å². The topological polar surface area (TPSA) is 12.5 Å². The van der Waals surface area contributed by atoms with Gasteiger partial charge in [-0.25, -0.2) is 0 Å². The van der Waals surface area contributed by atoms with E-state index >= 15 is 0 Å². The molecule has 17 heavy (non-hydrogen) atoms. The van der Waals surface area contributed by atoms with Gasteiger partial charge in [0.2, 0.25) is 0 Å². The molecule has 0 spiro atoms. The lowest BCUT2D eigenvalue weighted by atomic mass is 9.98. The van der Waals surface area contributed by atoms with Crippen LogP contribution in [0.1, 0.15) is 31.7 Å². The van der Waals surface area contributed by atoms with Crippen LogP contribution in [0.3, 0.4) is 0 Å². The molecule has 1 aromatic carbocycles. The molecule has 0 radical (unpaired) electrons. The summed E-state index contributed by atoms with van der Waals surface area (Å²) in [6.07, 6.45) is 13.1. The third kappa shape index (κ3) is 2.78. The molecule has 1 fully saturated rings. The van der Waals surface area contributed by atoms with Crippen molar-refractivity contribution >= 4 is 6.08 Å². The molecule has 88 valence electrons. The number of hydrogen-bond acceptors (Lipinski definition) is 1. The number of unbranched alkanes of at least 4 members (excludes halogenated alkanes) is 1. The molecule has 0 aromatic heterocycles. The maximum absolute atomic E-state index is 5.65. The first kappa shape index (κ1) is 12.0. The summed E-state index contributed by atoms with van der Waals surface area (Å²) in [6, 6.07) is 10.2. The van der Waals surface area contributed by atoms with Gasteiger partial charge in [-0.1, -0.05) is 61.7 Å². The molecule has 0 amide bonds. The van der Waals surface area contributed by atoms with Gasteiger partial charge in [-0.15, -0.1) is 6.42 Å². The second-order valence-electron chi connectivity index (χ2n) is 4.45. The predicted octanol–water partition coefficient (Wildman–Crippen LogP) is 3.66. The van der Waals surface area contributed by atoms with E-state index in [1.165, 1.54) is 5.56 Å². The van der Waals surface area contributed by atoms with Crippen LogP contribution >= 0.6 is 0 Å². The minimum atomic E-state index is -0.318. The zero-order valence-corrected chi connectivity index (χ0v) is 10.2. The molecule has 2 atom stereocenters. The lowest BCUT2D eigenvalue weighted by Gasteiger charge is -2.01. The second kappa shape index (κ2) is 5.21. The van der Waals surface area contributed by atoms with E-state index in [1.54, 1.807) is 0 Å². The van der Waals surface area contributed by atoms with Crippen LogP contribution in [0.2, 0.25) is 0 Å². The first-order valence-electron chi connectivity index (χ1n) is 6.19. The highest BCUT2D eigenvalue weighted by Gasteiger charge is 2.52. The van der Waals surface area contributed by atoms with Crippen LogP contribution in [0.15, 0.2) is 36.4 Å². The van der Waals surface area contributed by atoms with Crippen molar-refractivity contribution in [2.45, 2.75) is 37.9 Å². The first-order chi connectivity index (χ1) is 8.30. The van der Waals surface area contributed by atoms with Gasteiger partial charge in [-0.3, -0.25) is 0 Å². The van der Waals surface area contributed by atoms with Gasteiger partial charge in [0.25, 0.3) is 0 Å². The van der Waals surface area contributed by atoms with Crippen molar-refractivity contribution in [1.29, 1.82) is 0 Å². The Bertz CT molecular complexity index is 427. The number of terminal acetylenes is 1. The fraction of sp³-hybridized carbons (Fsp3) is 0.375. The van der Waals surface area contributed by atoms with Crippen LogP contribution in [0.25, 0.3) is 6.08 Å². The van der Waals surface area contributed by atoms with E-state index in [4.69, 9.17) is 11.2 Å². The summed E-state index contributed by atoms with van der Waals surface area (Å²) in [4.78, 5) is 0. The number of rotatable bonds is 5. The Balaban J connectivity index is 1.94. The summed E-state index contributed by atoms with van der Waals surface area (Å²) >= 11 is 0. The fourth-order valence-corrected chi connectivity index (χ4v) is 1.98. The third-order valence-corrected chi connectivity index (χ3v) is 3.15. The zero-order valence-electron chi connectivity index (χ0n) is 10.2. The maximum atomic E-state index is 5.65. The van der Waals surface area contributed by atoms with E-state index in [2.05, 4.69) is 37.1 Å². The average Bonchev–Trinajstić information content (AvgIpc) is 3.09. The quantitative estimate of drug-likeness (QED) is 0.551. The Labute approximate surface area is 103 Å². The van der Waals surface area contributed by atoms with E-state index in [0.717, 1.165) is 19.3 Å². The van der Waals surface area contributed by atoms with Crippen LogP contribution < -0.4 is 0 Å². The Kier molecular flexibility index (Phi) is 3.66. The third-order valence-electron chi connectivity index (χ3n) is 3.15. The van der Waals surface area contributed by atoms with Gasteiger partial charge in [-0.2, -0.15) is 0 Å². The van der Waals surface area contributed by atoms with Crippen molar-refractivity contribution in [3.05, 3.63) is 42.0 Å². The molecular formula is C16H18O. The van der Waals surface area contributed by atoms with Crippen molar-refractivity contribution in [2.24, 2.45) is 0 Å². The molecule has 0 unspecified atom stereocenters. The molecule has 0 saturated carbocycles. The summed E-state index contributed by atoms with van der Waals surface area (Å²) < 4.78 is 5.65. The molecule has 1 nitrogen and oxygen atoms in total. The van der Waals surface area contributed by atoms with Crippen molar-refractivity contribution in [3.63, 3.8) is 0 Å². The predicted molar refractivity (Wildman–Crippen MR) is 71.4 cm³/mol. The largest absolute Gasteiger partial charge is 0.348 e. The minimum absolute atomic E-state index is 0.0965. The van der Waals surface area contributed by atoms with Crippen LogP contribution in [-0.2, 0) is 4.74 Å². The summed E-state index contributed by atoms with van der Waals surface area (Å²) in [5, 5.41) is 0. The highest BCUT2D eigenvalue weighted by atomic mass is 16.6. The number of epoxide rings is 1. The van der Waals surface area contributed by atoms with Gasteiger partial charge in [0.05, 0.1) is 0 Å². The fourth-order valence-electron chi connectivity index (χ4n) is 1.98. The van der Waals surface area contributed by atoms with Crippen LogP contribution in [0.5, 0.6) is 0 Å². The lowest BCUT2D eigenvalue weighted by molar-refractivity contribution is 0.330. The maximum Gasteiger partial charge on any atom is 0.158 e. The van der Waals surface area contributed by atoms with Crippen LogP contribution in [0.4, 0.5) is 0 Å². The lowest BCUT2D eigenvalue weighted by Crippen LogP contribution is -2.10. The van der Waals surface area contributed by atoms with Crippen molar-refractivity contribution in [2.75, 3.05) is 0 Å².